The molecule has 0 amide bonds. The van der Waals surface area contributed by atoms with Crippen LogP contribution < -0.4 is 10.9 Å². The van der Waals surface area contributed by atoms with E-state index >= 15 is 0 Å². The molecule has 0 saturated heterocycles. The Morgan fingerprint density at radius 1 is 1.36 bits per heavy atom. The van der Waals surface area contributed by atoms with Crippen molar-refractivity contribution < 1.29 is 4.92 Å². The van der Waals surface area contributed by atoms with E-state index in [0.29, 0.717) is 0 Å². The number of hydrogen-bond donors (Lipinski definition) is 0. The molecule has 0 fully saturated rings. The molecule has 0 atom stereocenters. The molecule has 0 radical (unpaired) electrons. The summed E-state index contributed by atoms with van der Waals surface area (Å²) in [4.78, 5) is 9.97. The van der Waals surface area contributed by atoms with Gasteiger partial charge >= 0.3 is 0 Å². The quantitative estimate of drug-likeness (QED) is 0.264. The molecular weight excluding hydrogens is 140 g/mol. The summed E-state index contributed by atoms with van der Waals surface area (Å²) in [7, 11) is 3.65. The minimum Gasteiger partial charge on any atom is -0.258 e. The maximum Gasteiger partial charge on any atom is 0.263 e. The van der Waals surface area contributed by atoms with Gasteiger partial charge in [-0.25, -0.2) is 0 Å². The van der Waals surface area contributed by atoms with Crippen molar-refractivity contribution >= 4 is 32.3 Å². The summed E-state index contributed by atoms with van der Waals surface area (Å²) >= 11 is 0. The SMILES string of the molecule is Bc1ccc([N+](=O)[O-])c(B)c1. The zero-order valence-electron chi connectivity index (χ0n) is 6.50. The van der Waals surface area contributed by atoms with Gasteiger partial charge < -0.3 is 0 Å². The Morgan fingerprint density at radius 2 is 2.00 bits per heavy atom. The molecule has 0 heterocycles. The fourth-order valence-corrected chi connectivity index (χ4v) is 1.01. The van der Waals surface area contributed by atoms with Crippen molar-refractivity contribution in [1.29, 1.82) is 0 Å². The molecule has 0 N–H and O–H groups in total. The van der Waals surface area contributed by atoms with E-state index in [1.54, 1.807) is 20.0 Å². The number of benzene rings is 1. The minimum absolute atomic E-state index is 0.190. The molecule has 1 aromatic carbocycles. The van der Waals surface area contributed by atoms with Gasteiger partial charge in [0.2, 0.25) is 0 Å². The van der Waals surface area contributed by atoms with Crippen molar-refractivity contribution in [3.05, 3.63) is 28.3 Å². The maximum atomic E-state index is 10.3. The van der Waals surface area contributed by atoms with Gasteiger partial charge in [-0.05, 0) is 5.46 Å². The van der Waals surface area contributed by atoms with Crippen LogP contribution in [0.2, 0.25) is 0 Å². The molecule has 5 heteroatoms. The minimum atomic E-state index is -0.366. The van der Waals surface area contributed by atoms with Crippen LogP contribution in [0, 0.1) is 10.1 Å². The Labute approximate surface area is 66.4 Å². The van der Waals surface area contributed by atoms with Gasteiger partial charge in [-0.15, -0.1) is 0 Å². The third kappa shape index (κ3) is 1.61. The first-order chi connectivity index (χ1) is 5.11. The summed E-state index contributed by atoms with van der Waals surface area (Å²) in [6, 6.07) is 5.08. The van der Waals surface area contributed by atoms with Gasteiger partial charge in [-0.3, -0.25) is 10.1 Å². The van der Waals surface area contributed by atoms with Crippen LogP contribution in [-0.2, 0) is 0 Å². The molecule has 0 aliphatic heterocycles. The van der Waals surface area contributed by atoms with Gasteiger partial charge in [0.15, 0.2) is 0 Å². The molecule has 0 aliphatic carbocycles. The van der Waals surface area contributed by atoms with Crippen molar-refractivity contribution in [2.45, 2.75) is 0 Å². The molecule has 54 valence electrons. The van der Waals surface area contributed by atoms with E-state index in [4.69, 9.17) is 0 Å². The topological polar surface area (TPSA) is 43.1 Å². The molecule has 11 heavy (non-hydrogen) atoms. The molecular formula is C6H7B2NO2. The van der Waals surface area contributed by atoms with Crippen LogP contribution in [0.3, 0.4) is 0 Å². The molecule has 0 aliphatic rings. The lowest BCUT2D eigenvalue weighted by atomic mass is 9.86. The summed E-state index contributed by atoms with van der Waals surface area (Å²) in [6.45, 7) is 0. The number of nitro benzene ring substituents is 1. The molecule has 3 nitrogen and oxygen atoms in total. The first-order valence-corrected chi connectivity index (χ1v) is 3.33. The van der Waals surface area contributed by atoms with Crippen LogP contribution >= 0.6 is 0 Å². The van der Waals surface area contributed by atoms with Crippen LogP contribution in [0.15, 0.2) is 18.2 Å². The first-order valence-electron chi connectivity index (χ1n) is 3.33. The molecule has 0 bridgehead atoms. The Morgan fingerprint density at radius 3 is 2.45 bits per heavy atom. The predicted molar refractivity (Wildman–Crippen MR) is 49.5 cm³/mol. The van der Waals surface area contributed by atoms with Gasteiger partial charge in [-0.1, -0.05) is 17.6 Å². The summed E-state index contributed by atoms with van der Waals surface area (Å²) in [6.07, 6.45) is 0. The highest BCUT2D eigenvalue weighted by Crippen LogP contribution is 2.02. The third-order valence-corrected chi connectivity index (χ3v) is 1.55. The third-order valence-electron chi connectivity index (χ3n) is 1.55. The van der Waals surface area contributed by atoms with Crippen LogP contribution in [-0.4, -0.2) is 20.6 Å². The Bertz CT molecular complexity index is 301. The van der Waals surface area contributed by atoms with Gasteiger partial charge in [0.1, 0.15) is 15.7 Å². The highest BCUT2D eigenvalue weighted by molar-refractivity contribution is 6.39. The Hall–Kier alpha value is -1.25. The summed E-state index contributed by atoms with van der Waals surface area (Å²) in [5, 5.41) is 10.3. The van der Waals surface area contributed by atoms with E-state index in [1.165, 1.54) is 6.07 Å². The molecule has 0 unspecified atom stereocenters. The molecule has 0 saturated carbocycles. The highest BCUT2D eigenvalue weighted by Gasteiger charge is 2.07. The largest absolute Gasteiger partial charge is 0.263 e. The number of hydrogen-bond acceptors (Lipinski definition) is 2. The first kappa shape index (κ1) is 7.85. The van der Waals surface area contributed by atoms with Crippen molar-refractivity contribution in [1.82, 2.24) is 0 Å². The van der Waals surface area contributed by atoms with Crippen LogP contribution in [0.1, 0.15) is 0 Å². The van der Waals surface area contributed by atoms with Crippen molar-refractivity contribution in [3.8, 4) is 0 Å². The lowest BCUT2D eigenvalue weighted by Crippen LogP contribution is -2.16. The maximum absolute atomic E-state index is 10.3. The van der Waals surface area contributed by atoms with E-state index in [-0.39, 0.29) is 10.6 Å². The predicted octanol–water partition coefficient (Wildman–Crippen LogP) is -1.89. The van der Waals surface area contributed by atoms with Crippen molar-refractivity contribution in [3.63, 3.8) is 0 Å². The van der Waals surface area contributed by atoms with Gasteiger partial charge in [0.05, 0.1) is 4.92 Å². The summed E-state index contributed by atoms with van der Waals surface area (Å²) in [5.74, 6) is 0. The smallest absolute Gasteiger partial charge is 0.258 e. The lowest BCUT2D eigenvalue weighted by molar-refractivity contribution is -0.383. The summed E-state index contributed by atoms with van der Waals surface area (Å²) < 4.78 is 0. The van der Waals surface area contributed by atoms with Crippen molar-refractivity contribution in [2.75, 3.05) is 0 Å². The second kappa shape index (κ2) is 2.78. The second-order valence-corrected chi connectivity index (χ2v) is 2.55. The monoisotopic (exact) mass is 147 g/mol. The van der Waals surface area contributed by atoms with Gasteiger partial charge in [-0.2, -0.15) is 0 Å². The van der Waals surface area contributed by atoms with Gasteiger partial charge in [0.25, 0.3) is 5.69 Å². The van der Waals surface area contributed by atoms with Crippen LogP contribution in [0.25, 0.3) is 0 Å². The standard InChI is InChI=1S/C6H7B2NO2/c7-4-1-2-6(9(10)11)5(8)3-4/h1-3H,7-8H2. The Kier molecular flexibility index (Phi) is 1.98. The van der Waals surface area contributed by atoms with E-state index < -0.39 is 0 Å². The highest BCUT2D eigenvalue weighted by atomic mass is 16.6. The van der Waals surface area contributed by atoms with E-state index in [0.717, 1.165) is 10.9 Å². The van der Waals surface area contributed by atoms with Crippen molar-refractivity contribution in [2.24, 2.45) is 0 Å². The lowest BCUT2D eigenvalue weighted by Gasteiger charge is -1.96. The zero-order chi connectivity index (χ0) is 8.43. The number of rotatable bonds is 1. The molecule has 1 rings (SSSR count). The zero-order valence-corrected chi connectivity index (χ0v) is 6.50. The fraction of sp³-hybridized carbons (Fsp3) is 0. The molecule has 0 aromatic heterocycles. The van der Waals surface area contributed by atoms with E-state index in [2.05, 4.69) is 0 Å². The van der Waals surface area contributed by atoms with Gasteiger partial charge in [0, 0.05) is 6.07 Å². The fourth-order valence-electron chi connectivity index (χ4n) is 1.01. The average Bonchev–Trinajstić information content (AvgIpc) is 1.85. The number of nitrogens with zero attached hydrogens (tertiary/aromatic N) is 1. The summed E-state index contributed by atoms with van der Waals surface area (Å²) in [5.41, 5.74) is 1.96. The van der Waals surface area contributed by atoms with E-state index in [9.17, 15) is 10.1 Å². The second-order valence-electron chi connectivity index (χ2n) is 2.55. The molecule has 0 spiro atoms. The van der Waals surface area contributed by atoms with Crippen LogP contribution in [0.5, 0.6) is 0 Å². The molecule has 1 aromatic rings. The Balaban J connectivity index is 3.20. The van der Waals surface area contributed by atoms with Crippen LogP contribution in [0.4, 0.5) is 5.69 Å². The average molecular weight is 147 g/mol. The number of nitro groups is 1. The normalized spacial score (nSPS) is 9.45. The van der Waals surface area contributed by atoms with E-state index in [1.807, 2.05) is 7.85 Å².